The Labute approximate surface area is 144 Å². The van der Waals surface area contributed by atoms with Gasteiger partial charge in [-0.25, -0.2) is 4.98 Å². The maximum absolute atomic E-state index is 12.8. The molecule has 0 fully saturated rings. The molecule has 24 heavy (non-hydrogen) atoms. The zero-order valence-electron chi connectivity index (χ0n) is 13.1. The van der Waals surface area contributed by atoms with E-state index >= 15 is 0 Å². The van der Waals surface area contributed by atoms with Crippen molar-refractivity contribution in [3.05, 3.63) is 82.6 Å². The van der Waals surface area contributed by atoms with E-state index in [0.29, 0.717) is 6.54 Å². The molecule has 0 spiro atoms. The first kappa shape index (κ1) is 14.9. The molecule has 2 aromatic heterocycles. The molecule has 3 aromatic rings. The van der Waals surface area contributed by atoms with E-state index in [1.54, 1.807) is 17.7 Å². The van der Waals surface area contributed by atoms with E-state index in [2.05, 4.69) is 33.9 Å². The zero-order valence-corrected chi connectivity index (χ0v) is 13.9. The molecule has 5 heteroatoms. The number of benzene rings is 1. The van der Waals surface area contributed by atoms with Crippen molar-refractivity contribution in [3.8, 4) is 0 Å². The number of carbonyl (C=O) groups excluding carboxylic acids is 1. The van der Waals surface area contributed by atoms with E-state index in [4.69, 9.17) is 0 Å². The lowest BCUT2D eigenvalue weighted by Crippen LogP contribution is -2.41. The molecule has 1 aliphatic heterocycles. The summed E-state index contributed by atoms with van der Waals surface area (Å²) in [4.78, 5) is 18.9. The third-order valence-electron chi connectivity index (χ3n) is 4.28. The average molecular weight is 335 g/mol. The second-order valence-corrected chi connectivity index (χ2v) is 6.44. The lowest BCUT2D eigenvalue weighted by atomic mass is 10.00. The molecule has 3 heterocycles. The van der Waals surface area contributed by atoms with Gasteiger partial charge < -0.3 is 9.47 Å². The van der Waals surface area contributed by atoms with Gasteiger partial charge in [0.05, 0.1) is 17.2 Å². The molecule has 1 amide bonds. The first-order valence-electron chi connectivity index (χ1n) is 7.90. The van der Waals surface area contributed by atoms with Gasteiger partial charge in [-0.2, -0.15) is 0 Å². The molecule has 0 N–H and O–H groups in total. The molecule has 120 valence electrons. The van der Waals surface area contributed by atoms with E-state index < -0.39 is 0 Å². The fraction of sp³-hybridized carbons (Fsp3) is 0.158. The van der Waals surface area contributed by atoms with Crippen molar-refractivity contribution >= 4 is 23.3 Å². The van der Waals surface area contributed by atoms with Gasteiger partial charge in [-0.1, -0.05) is 30.3 Å². The largest absolute Gasteiger partial charge is 0.348 e. The van der Waals surface area contributed by atoms with E-state index in [1.165, 1.54) is 11.3 Å². The molecule has 0 aliphatic carbocycles. The number of hydrogen-bond acceptors (Lipinski definition) is 3. The summed E-state index contributed by atoms with van der Waals surface area (Å²) in [5, 5.41) is 1.93. The quantitative estimate of drug-likeness (QED) is 0.686. The summed E-state index contributed by atoms with van der Waals surface area (Å²) in [6, 6.07) is 14.3. The van der Waals surface area contributed by atoms with Crippen LogP contribution in [0, 0.1) is 0 Å². The minimum absolute atomic E-state index is 0.0179. The van der Waals surface area contributed by atoms with Crippen LogP contribution in [-0.2, 0) is 11.3 Å². The Hall–Kier alpha value is -2.66. The minimum atomic E-state index is -0.0532. The van der Waals surface area contributed by atoms with Crippen LogP contribution in [0.15, 0.2) is 65.6 Å². The average Bonchev–Trinajstić information content (AvgIpc) is 3.30. The van der Waals surface area contributed by atoms with Crippen molar-refractivity contribution in [2.24, 2.45) is 0 Å². The van der Waals surface area contributed by atoms with Crippen molar-refractivity contribution in [2.75, 3.05) is 6.54 Å². The van der Waals surface area contributed by atoms with Crippen LogP contribution in [0.1, 0.15) is 23.0 Å². The molecule has 0 bridgehead atoms. The predicted octanol–water partition coefficient (Wildman–Crippen LogP) is 3.59. The van der Waals surface area contributed by atoms with Gasteiger partial charge in [-0.15, -0.1) is 11.3 Å². The molecular weight excluding hydrogens is 318 g/mol. The zero-order chi connectivity index (χ0) is 16.4. The molecule has 1 aromatic carbocycles. The van der Waals surface area contributed by atoms with E-state index in [-0.39, 0.29) is 11.9 Å². The number of fused-ring (bicyclic) bond motifs is 1. The summed E-state index contributed by atoms with van der Waals surface area (Å²) in [5.74, 6) is 0.0179. The summed E-state index contributed by atoms with van der Waals surface area (Å²) >= 11 is 1.53. The first-order valence-corrected chi connectivity index (χ1v) is 8.84. The number of rotatable bonds is 3. The number of nitrogens with zero attached hydrogens (tertiary/aromatic N) is 3. The van der Waals surface area contributed by atoms with Crippen molar-refractivity contribution < 1.29 is 4.79 Å². The van der Waals surface area contributed by atoms with Gasteiger partial charge in [-0.3, -0.25) is 4.79 Å². The highest BCUT2D eigenvalue weighted by Crippen LogP contribution is 2.32. The third kappa shape index (κ3) is 2.78. The predicted molar refractivity (Wildman–Crippen MR) is 95.6 cm³/mol. The van der Waals surface area contributed by atoms with Gasteiger partial charge in [-0.05, 0) is 23.8 Å². The molecule has 4 nitrogen and oxygen atoms in total. The van der Waals surface area contributed by atoms with E-state index in [9.17, 15) is 4.79 Å². The second kappa shape index (κ2) is 6.45. The topological polar surface area (TPSA) is 38.1 Å². The van der Waals surface area contributed by atoms with Crippen molar-refractivity contribution in [1.82, 2.24) is 14.5 Å². The molecule has 1 aliphatic rings. The SMILES string of the molecule is O=C(C=Cc1cscn1)N1CCn2cccc2C1c1ccccc1. The number of aromatic nitrogens is 2. The van der Waals surface area contributed by atoms with Crippen LogP contribution in [-0.4, -0.2) is 26.9 Å². The minimum Gasteiger partial charge on any atom is -0.348 e. The highest BCUT2D eigenvalue weighted by atomic mass is 32.1. The number of thiazole rings is 1. The molecular formula is C19H17N3OS. The monoisotopic (exact) mass is 335 g/mol. The number of amides is 1. The molecule has 1 unspecified atom stereocenters. The van der Waals surface area contributed by atoms with Gasteiger partial charge in [0.1, 0.15) is 0 Å². The first-order chi connectivity index (χ1) is 11.8. The maximum atomic E-state index is 12.8. The Bertz CT molecular complexity index is 852. The van der Waals surface area contributed by atoms with E-state index in [1.807, 2.05) is 34.5 Å². The lowest BCUT2D eigenvalue weighted by molar-refractivity contribution is -0.128. The summed E-state index contributed by atoms with van der Waals surface area (Å²) < 4.78 is 2.23. The molecule has 0 radical (unpaired) electrons. The van der Waals surface area contributed by atoms with Crippen LogP contribution in [0.3, 0.4) is 0 Å². The van der Waals surface area contributed by atoms with Crippen molar-refractivity contribution in [2.45, 2.75) is 12.6 Å². The molecule has 1 atom stereocenters. The summed E-state index contributed by atoms with van der Waals surface area (Å²) in [5.41, 5.74) is 4.88. The smallest absolute Gasteiger partial charge is 0.247 e. The van der Waals surface area contributed by atoms with Gasteiger partial charge in [0.15, 0.2) is 0 Å². The third-order valence-corrected chi connectivity index (χ3v) is 4.89. The highest BCUT2D eigenvalue weighted by molar-refractivity contribution is 7.07. The van der Waals surface area contributed by atoms with Crippen LogP contribution in [0.5, 0.6) is 0 Å². The van der Waals surface area contributed by atoms with E-state index in [0.717, 1.165) is 23.5 Å². The Morgan fingerprint density at radius 3 is 2.83 bits per heavy atom. The molecule has 0 saturated heterocycles. The van der Waals surface area contributed by atoms with Crippen LogP contribution in [0.2, 0.25) is 0 Å². The fourth-order valence-corrected chi connectivity index (χ4v) is 3.69. The van der Waals surface area contributed by atoms with Crippen LogP contribution in [0.4, 0.5) is 0 Å². The van der Waals surface area contributed by atoms with Crippen LogP contribution in [0.25, 0.3) is 6.08 Å². The van der Waals surface area contributed by atoms with Crippen molar-refractivity contribution in [3.63, 3.8) is 0 Å². The summed E-state index contributed by atoms with van der Waals surface area (Å²) in [6.07, 6.45) is 5.50. The van der Waals surface area contributed by atoms with Crippen molar-refractivity contribution in [1.29, 1.82) is 0 Å². The van der Waals surface area contributed by atoms with Gasteiger partial charge >= 0.3 is 0 Å². The summed E-state index contributed by atoms with van der Waals surface area (Å²) in [6.45, 7) is 1.52. The fourth-order valence-electron chi connectivity index (χ4n) is 3.16. The Kier molecular flexibility index (Phi) is 4.01. The standard InChI is InChI=1S/C19H17N3OS/c23-18(9-8-16-13-24-14-20-16)22-12-11-21-10-4-7-17(21)19(22)15-5-2-1-3-6-15/h1-10,13-14,19H,11-12H2. The Morgan fingerprint density at radius 2 is 2.04 bits per heavy atom. The van der Waals surface area contributed by atoms with Gasteiger partial charge in [0.25, 0.3) is 0 Å². The Balaban J connectivity index is 1.67. The highest BCUT2D eigenvalue weighted by Gasteiger charge is 2.30. The van der Waals surface area contributed by atoms with Crippen LogP contribution >= 0.6 is 11.3 Å². The van der Waals surface area contributed by atoms with Crippen LogP contribution < -0.4 is 0 Å². The number of carbonyl (C=O) groups is 1. The number of hydrogen-bond donors (Lipinski definition) is 0. The summed E-state index contributed by atoms with van der Waals surface area (Å²) in [7, 11) is 0. The second-order valence-electron chi connectivity index (χ2n) is 5.72. The van der Waals surface area contributed by atoms with Gasteiger partial charge in [0, 0.05) is 36.4 Å². The maximum Gasteiger partial charge on any atom is 0.247 e. The van der Waals surface area contributed by atoms with Gasteiger partial charge in [0.2, 0.25) is 5.91 Å². The molecule has 4 rings (SSSR count). The Morgan fingerprint density at radius 1 is 1.17 bits per heavy atom. The normalized spacial score (nSPS) is 17.2. The molecule has 0 saturated carbocycles. The lowest BCUT2D eigenvalue weighted by Gasteiger charge is -2.36.